The van der Waals surface area contributed by atoms with E-state index in [0.29, 0.717) is 0 Å². The molecule has 1 aliphatic rings. The van der Waals surface area contributed by atoms with Gasteiger partial charge < -0.3 is 29.5 Å². The van der Waals surface area contributed by atoms with Crippen LogP contribution in [0.1, 0.15) is 11.1 Å². The van der Waals surface area contributed by atoms with Gasteiger partial charge in [0.05, 0.1) is 13.2 Å². The Hall–Kier alpha value is -1.80. The minimum absolute atomic E-state index is 0.220. The molecule has 1 aliphatic carbocycles. The van der Waals surface area contributed by atoms with Crippen molar-refractivity contribution in [1.82, 2.24) is 0 Å². The van der Waals surface area contributed by atoms with Crippen LogP contribution in [-0.4, -0.2) is 59.1 Å². The van der Waals surface area contributed by atoms with Crippen LogP contribution < -0.4 is 0 Å². The second-order valence-electron chi connectivity index (χ2n) is 6.69. The van der Waals surface area contributed by atoms with Crippen molar-refractivity contribution in [2.24, 2.45) is 0 Å². The van der Waals surface area contributed by atoms with Crippen LogP contribution in [0.3, 0.4) is 0 Å². The zero-order valence-electron chi connectivity index (χ0n) is 15.2. The Kier molecular flexibility index (Phi) is 6.95. The van der Waals surface area contributed by atoms with Gasteiger partial charge in [0.1, 0.15) is 36.6 Å². The molecule has 0 saturated heterocycles. The summed E-state index contributed by atoms with van der Waals surface area (Å²) < 4.78 is 16.8. The summed E-state index contributed by atoms with van der Waals surface area (Å²) in [6, 6.07) is 18.9. The van der Waals surface area contributed by atoms with E-state index in [1.54, 1.807) is 0 Å². The Labute approximate surface area is 158 Å². The third kappa shape index (κ3) is 4.73. The number of aliphatic hydroxyl groups is 3. The average molecular weight is 374 g/mol. The summed E-state index contributed by atoms with van der Waals surface area (Å²) in [5.74, 6) is 0. The fourth-order valence-corrected chi connectivity index (χ4v) is 3.37. The lowest BCUT2D eigenvalue weighted by Gasteiger charge is -2.44. The number of hydrogen-bond acceptors (Lipinski definition) is 6. The predicted molar refractivity (Wildman–Crippen MR) is 98.9 cm³/mol. The first kappa shape index (κ1) is 19.9. The fraction of sp³-hybridized carbons (Fsp3) is 0.429. The van der Waals surface area contributed by atoms with Gasteiger partial charge in [-0.2, -0.15) is 0 Å². The average Bonchev–Trinajstić information content (AvgIpc) is 2.69. The Balaban J connectivity index is 1.70. The summed E-state index contributed by atoms with van der Waals surface area (Å²) in [6.45, 7) is 0.440. The van der Waals surface area contributed by atoms with E-state index in [1.165, 1.54) is 7.11 Å². The summed E-state index contributed by atoms with van der Waals surface area (Å²) in [6.07, 6.45) is -6.37. The molecule has 2 aromatic carbocycles. The smallest absolute Gasteiger partial charge is 0.115 e. The minimum Gasteiger partial charge on any atom is -0.387 e. The molecule has 27 heavy (non-hydrogen) atoms. The van der Waals surface area contributed by atoms with Crippen LogP contribution in [0.5, 0.6) is 0 Å². The van der Waals surface area contributed by atoms with Gasteiger partial charge in [-0.25, -0.2) is 0 Å². The third-order valence-electron chi connectivity index (χ3n) is 4.86. The molecular formula is C21H26O6. The normalized spacial score (nSPS) is 31.0. The molecule has 6 heteroatoms. The van der Waals surface area contributed by atoms with E-state index in [0.717, 1.165) is 11.1 Å². The first-order chi connectivity index (χ1) is 13.1. The monoisotopic (exact) mass is 374 g/mol. The molecular weight excluding hydrogens is 348 g/mol. The van der Waals surface area contributed by atoms with E-state index >= 15 is 0 Å². The molecule has 0 spiro atoms. The molecule has 1 fully saturated rings. The van der Waals surface area contributed by atoms with Crippen LogP contribution in [0.2, 0.25) is 0 Å². The van der Waals surface area contributed by atoms with Gasteiger partial charge in [-0.3, -0.25) is 0 Å². The third-order valence-corrected chi connectivity index (χ3v) is 4.86. The van der Waals surface area contributed by atoms with E-state index in [1.807, 2.05) is 60.7 Å². The minimum atomic E-state index is -1.20. The standard InChI is InChI=1S/C21H26O6/c1-25-19-16(22)20(26-12-14-8-4-2-5-9-14)18(24)21(17(19)23)27-13-15-10-6-3-7-11-15/h2-11,16-24H,12-13H2,1H3. The van der Waals surface area contributed by atoms with Crippen molar-refractivity contribution in [2.75, 3.05) is 7.11 Å². The van der Waals surface area contributed by atoms with Crippen molar-refractivity contribution in [3.05, 3.63) is 71.8 Å². The van der Waals surface area contributed by atoms with E-state index in [4.69, 9.17) is 14.2 Å². The zero-order chi connectivity index (χ0) is 19.2. The van der Waals surface area contributed by atoms with Gasteiger partial charge in [-0.15, -0.1) is 0 Å². The highest BCUT2D eigenvalue weighted by Crippen LogP contribution is 2.29. The molecule has 3 N–H and O–H groups in total. The molecule has 0 aromatic heterocycles. The molecule has 4 unspecified atom stereocenters. The van der Waals surface area contributed by atoms with Gasteiger partial charge in [-0.1, -0.05) is 60.7 Å². The second kappa shape index (κ2) is 9.41. The maximum absolute atomic E-state index is 10.7. The summed E-state index contributed by atoms with van der Waals surface area (Å²) >= 11 is 0. The molecule has 0 heterocycles. The number of benzene rings is 2. The highest BCUT2D eigenvalue weighted by molar-refractivity contribution is 5.15. The van der Waals surface area contributed by atoms with Gasteiger partial charge in [0, 0.05) is 7.11 Å². The Morgan fingerprint density at radius 1 is 0.630 bits per heavy atom. The van der Waals surface area contributed by atoms with Crippen molar-refractivity contribution in [1.29, 1.82) is 0 Å². The highest BCUT2D eigenvalue weighted by Gasteiger charge is 2.51. The van der Waals surface area contributed by atoms with Gasteiger partial charge >= 0.3 is 0 Å². The van der Waals surface area contributed by atoms with Crippen LogP contribution in [-0.2, 0) is 27.4 Å². The molecule has 0 bridgehead atoms. The van der Waals surface area contributed by atoms with Crippen LogP contribution >= 0.6 is 0 Å². The zero-order valence-corrected chi connectivity index (χ0v) is 15.2. The van der Waals surface area contributed by atoms with E-state index in [-0.39, 0.29) is 13.2 Å². The van der Waals surface area contributed by atoms with Gasteiger partial charge in [0.15, 0.2) is 0 Å². The summed E-state index contributed by atoms with van der Waals surface area (Å²) in [5.41, 5.74) is 1.83. The lowest BCUT2D eigenvalue weighted by atomic mass is 9.84. The summed E-state index contributed by atoms with van der Waals surface area (Å²) in [4.78, 5) is 0. The molecule has 1 saturated carbocycles. The number of rotatable bonds is 7. The van der Waals surface area contributed by atoms with Crippen molar-refractivity contribution in [3.8, 4) is 0 Å². The van der Waals surface area contributed by atoms with Crippen molar-refractivity contribution in [3.63, 3.8) is 0 Å². The Bertz CT molecular complexity index is 622. The highest BCUT2D eigenvalue weighted by atomic mass is 16.6. The van der Waals surface area contributed by atoms with Crippen molar-refractivity contribution in [2.45, 2.75) is 49.8 Å². The van der Waals surface area contributed by atoms with Gasteiger partial charge in [-0.05, 0) is 11.1 Å². The van der Waals surface area contributed by atoms with Crippen LogP contribution in [0, 0.1) is 0 Å². The second-order valence-corrected chi connectivity index (χ2v) is 6.69. The lowest BCUT2D eigenvalue weighted by molar-refractivity contribution is -0.255. The van der Waals surface area contributed by atoms with Gasteiger partial charge in [0.2, 0.25) is 0 Å². The first-order valence-electron chi connectivity index (χ1n) is 9.00. The number of aliphatic hydroxyl groups excluding tert-OH is 3. The molecule has 3 rings (SSSR count). The maximum Gasteiger partial charge on any atom is 0.115 e. The molecule has 146 valence electrons. The molecule has 4 atom stereocenters. The Morgan fingerprint density at radius 3 is 1.37 bits per heavy atom. The lowest BCUT2D eigenvalue weighted by Crippen LogP contribution is -2.65. The number of methoxy groups -OCH3 is 1. The fourth-order valence-electron chi connectivity index (χ4n) is 3.37. The number of hydrogen-bond donors (Lipinski definition) is 3. The quantitative estimate of drug-likeness (QED) is 0.676. The van der Waals surface area contributed by atoms with E-state index in [9.17, 15) is 15.3 Å². The van der Waals surface area contributed by atoms with Crippen LogP contribution in [0.4, 0.5) is 0 Å². The van der Waals surface area contributed by atoms with E-state index in [2.05, 4.69) is 0 Å². The van der Waals surface area contributed by atoms with Crippen molar-refractivity contribution >= 4 is 0 Å². The molecule has 6 nitrogen and oxygen atoms in total. The summed E-state index contributed by atoms with van der Waals surface area (Å²) in [7, 11) is 1.40. The van der Waals surface area contributed by atoms with Crippen LogP contribution in [0.15, 0.2) is 60.7 Å². The maximum atomic E-state index is 10.7. The molecule has 0 amide bonds. The molecule has 0 aliphatic heterocycles. The van der Waals surface area contributed by atoms with Gasteiger partial charge in [0.25, 0.3) is 0 Å². The number of ether oxygens (including phenoxy) is 3. The molecule has 2 aromatic rings. The summed E-state index contributed by atoms with van der Waals surface area (Å²) in [5, 5.41) is 31.8. The largest absolute Gasteiger partial charge is 0.387 e. The van der Waals surface area contributed by atoms with E-state index < -0.39 is 36.6 Å². The van der Waals surface area contributed by atoms with Crippen molar-refractivity contribution < 1.29 is 29.5 Å². The first-order valence-corrected chi connectivity index (χ1v) is 9.00. The Morgan fingerprint density at radius 2 is 1.00 bits per heavy atom. The topological polar surface area (TPSA) is 88.4 Å². The predicted octanol–water partition coefficient (Wildman–Crippen LogP) is 1.27. The van der Waals surface area contributed by atoms with Crippen LogP contribution in [0.25, 0.3) is 0 Å². The SMILES string of the molecule is COC1C(O)C(OCc2ccccc2)C(O)C(OCc2ccccc2)C1O. The molecule has 0 radical (unpaired) electrons.